The second-order valence-electron chi connectivity index (χ2n) is 4.49. The van der Waals surface area contributed by atoms with E-state index in [1.807, 2.05) is 6.92 Å². The number of amides is 1. The molecule has 0 saturated carbocycles. The quantitative estimate of drug-likeness (QED) is 0.753. The van der Waals surface area contributed by atoms with E-state index in [4.69, 9.17) is 5.11 Å². The number of hydrogen-bond acceptors (Lipinski definition) is 3. The molecule has 0 radical (unpaired) electrons. The van der Waals surface area contributed by atoms with Gasteiger partial charge < -0.3 is 10.4 Å². The van der Waals surface area contributed by atoms with E-state index in [9.17, 15) is 9.59 Å². The van der Waals surface area contributed by atoms with Gasteiger partial charge in [0.25, 0.3) is 0 Å². The van der Waals surface area contributed by atoms with Crippen molar-refractivity contribution in [2.24, 2.45) is 13.0 Å². The van der Waals surface area contributed by atoms with Gasteiger partial charge in [-0.1, -0.05) is 20.3 Å². The molecule has 1 aromatic rings. The minimum Gasteiger partial charge on any atom is -0.480 e. The molecule has 0 bridgehead atoms. The number of aliphatic carboxylic acids is 1. The molecule has 2 atom stereocenters. The Kier molecular flexibility index (Phi) is 5.29. The van der Waals surface area contributed by atoms with Crippen molar-refractivity contribution in [1.82, 2.24) is 15.1 Å². The first-order valence-corrected chi connectivity index (χ1v) is 6.14. The number of carboxylic acid groups (broad SMARTS) is 1. The molecule has 2 N–H and O–H groups in total. The highest BCUT2D eigenvalue weighted by Crippen LogP contribution is 2.08. The summed E-state index contributed by atoms with van der Waals surface area (Å²) in [5, 5.41) is 15.5. The monoisotopic (exact) mass is 265 g/mol. The lowest BCUT2D eigenvalue weighted by Crippen LogP contribution is -2.44. The molecule has 0 spiro atoms. The van der Waals surface area contributed by atoms with Crippen LogP contribution in [0, 0.1) is 5.92 Å². The van der Waals surface area contributed by atoms with Crippen LogP contribution in [0.2, 0.25) is 0 Å². The lowest BCUT2D eigenvalue weighted by Gasteiger charge is -2.19. The second-order valence-corrected chi connectivity index (χ2v) is 4.49. The summed E-state index contributed by atoms with van der Waals surface area (Å²) in [7, 11) is 1.78. The molecule has 104 valence electrons. The largest absolute Gasteiger partial charge is 0.480 e. The summed E-state index contributed by atoms with van der Waals surface area (Å²) in [5.74, 6) is -1.55. The maximum atomic E-state index is 11.7. The summed E-state index contributed by atoms with van der Waals surface area (Å²) in [5.41, 5.74) is 0.785. The van der Waals surface area contributed by atoms with Crippen LogP contribution in [0.3, 0.4) is 0 Å². The fourth-order valence-electron chi connectivity index (χ4n) is 1.58. The number of rotatable bonds is 6. The van der Waals surface area contributed by atoms with Crippen LogP contribution in [0.1, 0.15) is 25.8 Å². The summed E-state index contributed by atoms with van der Waals surface area (Å²) in [4.78, 5) is 22.7. The van der Waals surface area contributed by atoms with Crippen LogP contribution < -0.4 is 5.32 Å². The van der Waals surface area contributed by atoms with Crippen LogP contribution in [0.4, 0.5) is 0 Å². The van der Waals surface area contributed by atoms with Gasteiger partial charge in [-0.3, -0.25) is 9.48 Å². The standard InChI is InChI=1S/C13H19N3O3/c1-4-9(2)12(13(18)19)15-11(17)6-5-10-7-14-16(3)8-10/h5-9,12H,4H2,1-3H3,(H,15,17)(H,18,19)/b6-5+. The third kappa shape index (κ3) is 4.57. The third-order valence-electron chi connectivity index (χ3n) is 2.93. The SMILES string of the molecule is CCC(C)C(NC(=O)/C=C/c1cnn(C)c1)C(=O)O. The molecular weight excluding hydrogens is 246 g/mol. The van der Waals surface area contributed by atoms with Crippen molar-refractivity contribution in [2.45, 2.75) is 26.3 Å². The van der Waals surface area contributed by atoms with Crippen LogP contribution in [-0.2, 0) is 16.6 Å². The second kappa shape index (κ2) is 6.72. The van der Waals surface area contributed by atoms with E-state index >= 15 is 0 Å². The highest BCUT2D eigenvalue weighted by molar-refractivity contribution is 5.94. The summed E-state index contributed by atoms with van der Waals surface area (Å²) in [6, 6.07) is -0.865. The molecule has 1 rings (SSSR count). The number of carboxylic acids is 1. The summed E-state index contributed by atoms with van der Waals surface area (Å²) < 4.78 is 1.62. The lowest BCUT2D eigenvalue weighted by atomic mass is 9.99. The Labute approximate surface area is 112 Å². The Morgan fingerprint density at radius 1 is 1.58 bits per heavy atom. The number of aromatic nitrogens is 2. The first kappa shape index (κ1) is 14.9. The third-order valence-corrected chi connectivity index (χ3v) is 2.93. The summed E-state index contributed by atoms with van der Waals surface area (Å²) >= 11 is 0. The molecule has 6 nitrogen and oxygen atoms in total. The Morgan fingerprint density at radius 2 is 2.26 bits per heavy atom. The molecule has 1 heterocycles. The van der Waals surface area contributed by atoms with Crippen LogP contribution >= 0.6 is 0 Å². The first-order chi connectivity index (χ1) is 8.93. The number of carbonyl (C=O) groups excluding carboxylic acids is 1. The van der Waals surface area contributed by atoms with E-state index in [-0.39, 0.29) is 5.92 Å². The van der Waals surface area contributed by atoms with E-state index in [2.05, 4.69) is 10.4 Å². The number of aryl methyl sites for hydroxylation is 1. The molecule has 0 aliphatic heterocycles. The van der Waals surface area contributed by atoms with Crippen molar-refractivity contribution in [3.05, 3.63) is 24.0 Å². The minimum absolute atomic E-state index is 0.117. The van der Waals surface area contributed by atoms with Gasteiger partial charge in [0.1, 0.15) is 6.04 Å². The van der Waals surface area contributed by atoms with Gasteiger partial charge in [-0.15, -0.1) is 0 Å². The fraction of sp³-hybridized carbons (Fsp3) is 0.462. The molecule has 0 fully saturated rings. The molecule has 19 heavy (non-hydrogen) atoms. The summed E-state index contributed by atoms with van der Waals surface area (Å²) in [6.07, 6.45) is 6.97. The van der Waals surface area contributed by atoms with E-state index in [1.165, 1.54) is 6.08 Å². The lowest BCUT2D eigenvalue weighted by molar-refractivity contribution is -0.142. The van der Waals surface area contributed by atoms with Crippen molar-refractivity contribution >= 4 is 18.0 Å². The Morgan fingerprint density at radius 3 is 2.74 bits per heavy atom. The highest BCUT2D eigenvalue weighted by Gasteiger charge is 2.24. The van der Waals surface area contributed by atoms with E-state index in [1.54, 1.807) is 37.1 Å². The Balaban J connectivity index is 2.62. The van der Waals surface area contributed by atoms with Gasteiger partial charge in [-0.25, -0.2) is 4.79 Å². The predicted molar refractivity (Wildman–Crippen MR) is 71.3 cm³/mol. The Bertz CT molecular complexity index is 479. The van der Waals surface area contributed by atoms with Crippen molar-refractivity contribution in [3.8, 4) is 0 Å². The number of nitrogens with one attached hydrogen (secondary N) is 1. The normalized spacial score (nSPS) is 14.3. The highest BCUT2D eigenvalue weighted by atomic mass is 16.4. The number of hydrogen-bond donors (Lipinski definition) is 2. The first-order valence-electron chi connectivity index (χ1n) is 6.14. The van der Waals surface area contributed by atoms with Gasteiger partial charge >= 0.3 is 5.97 Å². The van der Waals surface area contributed by atoms with Crippen molar-refractivity contribution < 1.29 is 14.7 Å². The molecule has 1 aromatic heterocycles. The predicted octanol–water partition coefficient (Wildman–Crippen LogP) is 1.05. The molecule has 0 aromatic carbocycles. The average Bonchev–Trinajstić information content (AvgIpc) is 2.78. The molecule has 1 amide bonds. The van der Waals surface area contributed by atoms with E-state index in [0.717, 1.165) is 5.56 Å². The van der Waals surface area contributed by atoms with Crippen molar-refractivity contribution in [1.29, 1.82) is 0 Å². The van der Waals surface area contributed by atoms with Crippen LogP contribution in [0.5, 0.6) is 0 Å². The van der Waals surface area contributed by atoms with Crippen LogP contribution in [0.25, 0.3) is 6.08 Å². The topological polar surface area (TPSA) is 84.2 Å². The molecule has 0 saturated heterocycles. The molecule has 6 heteroatoms. The average molecular weight is 265 g/mol. The summed E-state index contributed by atoms with van der Waals surface area (Å²) in [6.45, 7) is 3.68. The number of nitrogens with zero attached hydrogens (tertiary/aromatic N) is 2. The zero-order valence-corrected chi connectivity index (χ0v) is 11.3. The molecule has 0 aliphatic carbocycles. The Hall–Kier alpha value is -2.11. The van der Waals surface area contributed by atoms with Crippen LogP contribution in [0.15, 0.2) is 18.5 Å². The van der Waals surface area contributed by atoms with Gasteiger partial charge in [0.05, 0.1) is 6.20 Å². The fourth-order valence-corrected chi connectivity index (χ4v) is 1.58. The van der Waals surface area contributed by atoms with Crippen molar-refractivity contribution in [2.75, 3.05) is 0 Å². The number of carbonyl (C=O) groups is 2. The van der Waals surface area contributed by atoms with Gasteiger partial charge in [0.2, 0.25) is 5.91 Å². The maximum absolute atomic E-state index is 11.7. The van der Waals surface area contributed by atoms with Crippen LogP contribution in [-0.4, -0.2) is 32.8 Å². The van der Waals surface area contributed by atoms with Gasteiger partial charge in [-0.05, 0) is 12.0 Å². The molecular formula is C13H19N3O3. The van der Waals surface area contributed by atoms with Gasteiger partial charge in [0.15, 0.2) is 0 Å². The van der Waals surface area contributed by atoms with E-state index in [0.29, 0.717) is 6.42 Å². The molecule has 2 unspecified atom stereocenters. The minimum atomic E-state index is -1.02. The zero-order chi connectivity index (χ0) is 14.4. The molecule has 0 aliphatic rings. The van der Waals surface area contributed by atoms with E-state index < -0.39 is 17.9 Å². The van der Waals surface area contributed by atoms with Gasteiger partial charge in [-0.2, -0.15) is 5.10 Å². The smallest absolute Gasteiger partial charge is 0.326 e. The van der Waals surface area contributed by atoms with Crippen molar-refractivity contribution in [3.63, 3.8) is 0 Å². The maximum Gasteiger partial charge on any atom is 0.326 e. The zero-order valence-electron chi connectivity index (χ0n) is 11.3. The van der Waals surface area contributed by atoms with Gasteiger partial charge in [0, 0.05) is 24.9 Å².